The van der Waals surface area contributed by atoms with Crippen LogP contribution in [0.3, 0.4) is 0 Å². The molecule has 0 bridgehead atoms. The molecule has 1 N–H and O–H groups in total. The molecule has 2 aromatic carbocycles. The van der Waals surface area contributed by atoms with Gasteiger partial charge in [0, 0.05) is 17.6 Å². The second kappa shape index (κ2) is 9.38. The molecule has 1 amide bonds. The predicted octanol–water partition coefficient (Wildman–Crippen LogP) is 2.99. The minimum atomic E-state index is -0.110. The summed E-state index contributed by atoms with van der Waals surface area (Å²) in [6, 6.07) is 15.5. The Morgan fingerprint density at radius 1 is 1.14 bits per heavy atom. The summed E-state index contributed by atoms with van der Waals surface area (Å²) in [4.78, 5) is 14.8. The third-order valence-corrected chi connectivity index (χ3v) is 5.82. The number of nitrogens with zero attached hydrogens (tertiary/aromatic N) is 5. The molecule has 10 heteroatoms. The summed E-state index contributed by atoms with van der Waals surface area (Å²) in [6.07, 6.45) is 0. The van der Waals surface area contributed by atoms with Crippen molar-refractivity contribution in [3.63, 3.8) is 0 Å². The van der Waals surface area contributed by atoms with Gasteiger partial charge in [-0.2, -0.15) is 4.68 Å². The number of halogens is 1. The number of carbonyl (C=O) groups is 1. The minimum Gasteiger partial charge on any atom is -0.378 e. The quantitative estimate of drug-likeness (QED) is 0.549. The lowest BCUT2D eigenvalue weighted by molar-refractivity contribution is -0.113. The van der Waals surface area contributed by atoms with Gasteiger partial charge >= 0.3 is 0 Å². The molecule has 0 saturated carbocycles. The van der Waals surface area contributed by atoms with Gasteiger partial charge in [-0.15, -0.1) is 5.10 Å². The van der Waals surface area contributed by atoms with Crippen molar-refractivity contribution in [3.05, 3.63) is 53.0 Å². The molecule has 0 aliphatic carbocycles. The normalized spacial score (nSPS) is 14.0. The van der Waals surface area contributed by atoms with Crippen LogP contribution >= 0.6 is 27.7 Å². The van der Waals surface area contributed by atoms with Crippen molar-refractivity contribution in [2.24, 2.45) is 0 Å². The van der Waals surface area contributed by atoms with E-state index in [0.29, 0.717) is 18.4 Å². The van der Waals surface area contributed by atoms with E-state index in [9.17, 15) is 4.79 Å². The lowest BCUT2D eigenvalue weighted by Crippen LogP contribution is -2.36. The smallest absolute Gasteiger partial charge is 0.234 e. The van der Waals surface area contributed by atoms with Gasteiger partial charge in [-0.05, 0) is 46.8 Å². The fraction of sp³-hybridized carbons (Fsp3) is 0.263. The number of hydrogen-bond donors (Lipinski definition) is 1. The topological polar surface area (TPSA) is 85.2 Å². The van der Waals surface area contributed by atoms with Gasteiger partial charge in [0.2, 0.25) is 11.1 Å². The number of morpholine rings is 1. The van der Waals surface area contributed by atoms with Crippen LogP contribution in [-0.2, 0) is 9.53 Å². The van der Waals surface area contributed by atoms with Crippen LogP contribution in [-0.4, -0.2) is 58.2 Å². The number of benzene rings is 2. The maximum atomic E-state index is 12.6. The molecule has 4 rings (SSSR count). The Labute approximate surface area is 180 Å². The Morgan fingerprint density at radius 2 is 1.90 bits per heavy atom. The zero-order valence-corrected chi connectivity index (χ0v) is 17.9. The zero-order chi connectivity index (χ0) is 20.1. The first-order chi connectivity index (χ1) is 14.2. The van der Waals surface area contributed by atoms with E-state index in [1.54, 1.807) is 4.68 Å². The molecule has 0 spiro atoms. The Morgan fingerprint density at radius 3 is 2.69 bits per heavy atom. The first-order valence-electron chi connectivity index (χ1n) is 9.09. The van der Waals surface area contributed by atoms with Gasteiger partial charge in [0.05, 0.1) is 36.0 Å². The van der Waals surface area contributed by atoms with Crippen molar-refractivity contribution in [1.29, 1.82) is 0 Å². The highest BCUT2D eigenvalue weighted by Crippen LogP contribution is 2.27. The maximum absolute atomic E-state index is 12.6. The van der Waals surface area contributed by atoms with Crippen molar-refractivity contribution < 1.29 is 9.53 Å². The number of rotatable bonds is 6. The number of amides is 1. The first kappa shape index (κ1) is 19.9. The van der Waals surface area contributed by atoms with Crippen molar-refractivity contribution in [2.45, 2.75) is 5.16 Å². The number of tetrazole rings is 1. The molecule has 1 saturated heterocycles. The number of anilines is 2. The number of nitrogens with one attached hydrogen (secondary N) is 1. The van der Waals surface area contributed by atoms with Gasteiger partial charge < -0.3 is 15.0 Å². The van der Waals surface area contributed by atoms with Crippen LogP contribution in [0.1, 0.15) is 0 Å². The highest BCUT2D eigenvalue weighted by atomic mass is 79.9. The van der Waals surface area contributed by atoms with E-state index in [1.165, 1.54) is 11.8 Å². The van der Waals surface area contributed by atoms with Gasteiger partial charge in [-0.25, -0.2) is 0 Å². The maximum Gasteiger partial charge on any atom is 0.234 e. The van der Waals surface area contributed by atoms with Crippen molar-refractivity contribution in [1.82, 2.24) is 20.2 Å². The van der Waals surface area contributed by atoms with Crippen molar-refractivity contribution in [3.8, 4) is 5.69 Å². The molecule has 1 aliphatic heterocycles. The van der Waals surface area contributed by atoms with Crippen molar-refractivity contribution in [2.75, 3.05) is 42.3 Å². The standard InChI is InChI=1S/C19H19BrN6O2S/c20-14-5-7-15(8-6-14)26-19(22-23-24-26)29-13-18(27)21-16-3-1-2-4-17(16)25-9-11-28-12-10-25/h1-8H,9-13H2,(H,21,27). The van der Waals surface area contributed by atoms with Crippen LogP contribution in [0.25, 0.3) is 5.69 Å². The van der Waals surface area contributed by atoms with Gasteiger partial charge in [-0.3, -0.25) is 4.79 Å². The predicted molar refractivity (Wildman–Crippen MR) is 116 cm³/mol. The number of ether oxygens (including phenoxy) is 1. The van der Waals surface area contributed by atoms with E-state index in [2.05, 4.69) is 41.7 Å². The number of hydrogen-bond acceptors (Lipinski definition) is 7. The summed E-state index contributed by atoms with van der Waals surface area (Å²) in [5.74, 6) is 0.0926. The third kappa shape index (κ3) is 4.95. The largest absolute Gasteiger partial charge is 0.378 e. The second-order valence-electron chi connectivity index (χ2n) is 6.30. The molecule has 1 aromatic heterocycles. The molecule has 150 valence electrons. The molecule has 1 aliphatic rings. The summed E-state index contributed by atoms with van der Waals surface area (Å²) < 4.78 is 8.01. The fourth-order valence-electron chi connectivity index (χ4n) is 2.99. The molecular weight excluding hydrogens is 456 g/mol. The van der Waals surface area contributed by atoms with Crippen LogP contribution in [0.2, 0.25) is 0 Å². The highest BCUT2D eigenvalue weighted by Gasteiger charge is 2.17. The lowest BCUT2D eigenvalue weighted by atomic mass is 10.2. The van der Waals surface area contributed by atoms with Gasteiger partial charge in [-0.1, -0.05) is 39.8 Å². The Balaban J connectivity index is 1.41. The molecular formula is C19H19BrN6O2S. The number of para-hydroxylation sites is 2. The number of aromatic nitrogens is 4. The monoisotopic (exact) mass is 474 g/mol. The third-order valence-electron chi connectivity index (χ3n) is 4.37. The van der Waals surface area contributed by atoms with E-state index in [0.717, 1.165) is 34.6 Å². The summed E-state index contributed by atoms with van der Waals surface area (Å²) in [7, 11) is 0. The Kier molecular flexibility index (Phi) is 6.43. The average molecular weight is 475 g/mol. The SMILES string of the molecule is O=C(CSc1nnnn1-c1ccc(Br)cc1)Nc1ccccc1N1CCOCC1. The summed E-state index contributed by atoms with van der Waals surface area (Å²) in [5, 5.41) is 15.4. The van der Waals surface area contributed by atoms with E-state index < -0.39 is 0 Å². The highest BCUT2D eigenvalue weighted by molar-refractivity contribution is 9.10. The molecule has 3 aromatic rings. The van der Waals surface area contributed by atoms with Crippen molar-refractivity contribution >= 4 is 45.0 Å². The number of thioether (sulfide) groups is 1. The van der Waals surface area contributed by atoms with Crippen LogP contribution < -0.4 is 10.2 Å². The van der Waals surface area contributed by atoms with Crippen LogP contribution in [0, 0.1) is 0 Å². The molecule has 8 nitrogen and oxygen atoms in total. The van der Waals surface area contributed by atoms with E-state index in [-0.39, 0.29) is 11.7 Å². The average Bonchev–Trinajstić information content (AvgIpc) is 3.22. The minimum absolute atomic E-state index is 0.110. The molecule has 29 heavy (non-hydrogen) atoms. The lowest BCUT2D eigenvalue weighted by Gasteiger charge is -2.30. The van der Waals surface area contributed by atoms with Crippen LogP contribution in [0.4, 0.5) is 11.4 Å². The van der Waals surface area contributed by atoms with Gasteiger partial charge in [0.25, 0.3) is 0 Å². The summed E-state index contributed by atoms with van der Waals surface area (Å²) in [6.45, 7) is 3.00. The van der Waals surface area contributed by atoms with Crippen LogP contribution in [0.15, 0.2) is 58.2 Å². The van der Waals surface area contributed by atoms with Gasteiger partial charge in [0.15, 0.2) is 0 Å². The summed E-state index contributed by atoms with van der Waals surface area (Å²) >= 11 is 4.70. The molecule has 1 fully saturated rings. The number of carbonyl (C=O) groups excluding carboxylic acids is 1. The second-order valence-corrected chi connectivity index (χ2v) is 8.16. The molecule has 0 radical (unpaired) electrons. The molecule has 0 unspecified atom stereocenters. The molecule has 2 heterocycles. The summed E-state index contributed by atoms with van der Waals surface area (Å²) in [5.41, 5.74) is 2.64. The first-order valence-corrected chi connectivity index (χ1v) is 10.9. The van der Waals surface area contributed by atoms with Gasteiger partial charge in [0.1, 0.15) is 0 Å². The molecule has 0 atom stereocenters. The fourth-order valence-corrected chi connectivity index (χ4v) is 3.94. The zero-order valence-electron chi connectivity index (χ0n) is 15.5. The van der Waals surface area contributed by atoms with E-state index in [4.69, 9.17) is 4.74 Å². The Bertz CT molecular complexity index is 975. The van der Waals surface area contributed by atoms with E-state index in [1.807, 2.05) is 48.5 Å². The van der Waals surface area contributed by atoms with Crippen LogP contribution in [0.5, 0.6) is 0 Å². The van der Waals surface area contributed by atoms with E-state index >= 15 is 0 Å². The Hall–Kier alpha value is -2.43.